The van der Waals surface area contributed by atoms with Crippen molar-refractivity contribution in [1.29, 1.82) is 5.26 Å². The van der Waals surface area contributed by atoms with Gasteiger partial charge in [0.15, 0.2) is 5.82 Å². The Morgan fingerprint density at radius 1 is 1.06 bits per heavy atom. The minimum absolute atomic E-state index is 0.220. The summed E-state index contributed by atoms with van der Waals surface area (Å²) < 4.78 is 0.732. The van der Waals surface area contributed by atoms with Crippen LogP contribution >= 0.6 is 27.5 Å². The molecule has 9 nitrogen and oxygen atoms in total. The predicted molar refractivity (Wildman–Crippen MR) is 138 cm³/mol. The first kappa shape index (κ1) is 23.8. The number of carbonyl (C=O) groups excluding carboxylic acids is 1. The molecule has 0 radical (unpaired) electrons. The van der Waals surface area contributed by atoms with Crippen LogP contribution in [0.25, 0.3) is 0 Å². The van der Waals surface area contributed by atoms with E-state index in [1.54, 1.807) is 72.8 Å². The first-order valence-corrected chi connectivity index (χ1v) is 11.2. The third kappa shape index (κ3) is 5.43. The number of nitroso groups, excluding NO2 is 1. The van der Waals surface area contributed by atoms with E-state index in [0.717, 1.165) is 9.48 Å². The van der Waals surface area contributed by atoms with Gasteiger partial charge < -0.3 is 5.32 Å². The average molecular weight is 549 g/mol. The highest BCUT2D eigenvalue weighted by Gasteiger charge is 2.29. The van der Waals surface area contributed by atoms with E-state index in [0.29, 0.717) is 16.9 Å². The van der Waals surface area contributed by atoms with Crippen molar-refractivity contribution < 1.29 is 4.79 Å². The van der Waals surface area contributed by atoms with Crippen molar-refractivity contribution in [3.05, 3.63) is 105 Å². The van der Waals surface area contributed by atoms with Crippen molar-refractivity contribution in [2.45, 2.75) is 0 Å². The van der Waals surface area contributed by atoms with Crippen LogP contribution in [0.1, 0.15) is 5.56 Å². The summed E-state index contributed by atoms with van der Waals surface area (Å²) in [7, 11) is 0. The zero-order chi connectivity index (χ0) is 24.8. The van der Waals surface area contributed by atoms with Gasteiger partial charge in [-0.3, -0.25) is 0 Å². The lowest BCUT2D eigenvalue weighted by Gasteiger charge is -2.34. The highest BCUT2D eigenvalue weighted by molar-refractivity contribution is 9.10. The van der Waals surface area contributed by atoms with Gasteiger partial charge in [-0.1, -0.05) is 45.7 Å². The van der Waals surface area contributed by atoms with E-state index in [1.807, 2.05) is 6.07 Å². The molecule has 0 bridgehead atoms. The maximum absolute atomic E-state index is 12.8. The van der Waals surface area contributed by atoms with Crippen LogP contribution in [0.15, 0.2) is 94.7 Å². The number of hydrogen-bond acceptors (Lipinski definition) is 7. The summed E-state index contributed by atoms with van der Waals surface area (Å²) in [4.78, 5) is 33.1. The zero-order valence-corrected chi connectivity index (χ0v) is 20.2. The minimum atomic E-state index is -1.10. The topological polar surface area (TPSA) is 115 Å². The van der Waals surface area contributed by atoms with Crippen LogP contribution in [0.2, 0.25) is 5.02 Å². The number of benzene rings is 3. The molecule has 0 atom stereocenters. The Morgan fingerprint density at radius 3 is 2.51 bits per heavy atom. The molecule has 2 amide bonds. The van der Waals surface area contributed by atoms with Gasteiger partial charge in [-0.15, -0.1) is 4.91 Å². The molecule has 11 heteroatoms. The van der Waals surface area contributed by atoms with Crippen molar-refractivity contribution in [2.75, 3.05) is 15.3 Å². The van der Waals surface area contributed by atoms with Crippen LogP contribution in [-0.4, -0.2) is 16.0 Å². The molecule has 0 spiro atoms. The summed E-state index contributed by atoms with van der Waals surface area (Å²) in [6, 6.07) is 22.9. The monoisotopic (exact) mass is 547 g/mol. The van der Waals surface area contributed by atoms with E-state index >= 15 is 0 Å². The summed E-state index contributed by atoms with van der Waals surface area (Å²) in [5, 5.41) is 17.4. The number of para-hydroxylation sites is 1. The summed E-state index contributed by atoms with van der Waals surface area (Å²) in [5.74, 6) is 0.476. The largest absolute Gasteiger partial charge is 0.404 e. The lowest BCUT2D eigenvalue weighted by molar-refractivity contribution is 0.254. The van der Waals surface area contributed by atoms with Crippen molar-refractivity contribution in [3.8, 4) is 6.07 Å². The highest BCUT2D eigenvalue weighted by atomic mass is 79.9. The SMILES string of the molecule is N#Cc1ccc(Nc2nccc(N(c3cccc(Br)c3)N(C(=O)N=O)c3ccccc3Cl)n2)cc1. The molecule has 0 unspecified atom stereocenters. The minimum Gasteiger partial charge on any atom is -0.324 e. The quantitative estimate of drug-likeness (QED) is 0.205. The Balaban J connectivity index is 1.83. The second-order valence-corrected chi connectivity index (χ2v) is 8.30. The Morgan fingerprint density at radius 2 is 1.83 bits per heavy atom. The Labute approximate surface area is 213 Å². The van der Waals surface area contributed by atoms with Gasteiger partial charge in [-0.2, -0.15) is 15.3 Å². The fraction of sp³-hybridized carbons (Fsp3) is 0. The van der Waals surface area contributed by atoms with Crippen molar-refractivity contribution in [2.24, 2.45) is 5.18 Å². The number of nitrogens with one attached hydrogen (secondary N) is 1. The van der Waals surface area contributed by atoms with Gasteiger partial charge in [-0.05, 0) is 54.6 Å². The fourth-order valence-electron chi connectivity index (χ4n) is 3.20. The maximum atomic E-state index is 12.8. The zero-order valence-electron chi connectivity index (χ0n) is 17.8. The van der Waals surface area contributed by atoms with Gasteiger partial charge >= 0.3 is 6.03 Å². The number of anilines is 5. The number of amides is 2. The molecular weight excluding hydrogens is 534 g/mol. The maximum Gasteiger partial charge on any atom is 0.404 e. The molecule has 35 heavy (non-hydrogen) atoms. The van der Waals surface area contributed by atoms with Crippen LogP contribution in [0, 0.1) is 16.2 Å². The summed E-state index contributed by atoms with van der Waals surface area (Å²) in [6.45, 7) is 0. The second kappa shape index (κ2) is 10.7. The number of hydrogen-bond donors (Lipinski definition) is 1. The van der Waals surface area contributed by atoms with Gasteiger partial charge in [0, 0.05) is 27.6 Å². The lowest BCUT2D eigenvalue weighted by atomic mass is 10.2. The molecule has 172 valence electrons. The van der Waals surface area contributed by atoms with E-state index in [-0.39, 0.29) is 22.5 Å². The molecule has 1 heterocycles. The smallest absolute Gasteiger partial charge is 0.324 e. The van der Waals surface area contributed by atoms with Gasteiger partial charge in [-0.25, -0.2) is 14.8 Å². The first-order chi connectivity index (χ1) is 17.0. The number of rotatable bonds is 6. The van der Waals surface area contributed by atoms with Crippen molar-refractivity contribution >= 4 is 62.4 Å². The number of aromatic nitrogens is 2. The number of carbonyl (C=O) groups is 1. The molecule has 0 saturated heterocycles. The molecule has 1 N–H and O–H groups in total. The molecule has 4 aromatic rings. The van der Waals surface area contributed by atoms with Crippen LogP contribution in [0.4, 0.5) is 33.6 Å². The average Bonchev–Trinajstić information content (AvgIpc) is 2.88. The third-order valence-electron chi connectivity index (χ3n) is 4.72. The molecule has 4 rings (SSSR count). The summed E-state index contributed by atoms with van der Waals surface area (Å²) in [6.07, 6.45) is 1.50. The van der Waals surface area contributed by atoms with E-state index in [1.165, 1.54) is 11.2 Å². The number of halogens is 2. The Bertz CT molecular complexity index is 1430. The van der Waals surface area contributed by atoms with Crippen molar-refractivity contribution in [3.63, 3.8) is 0 Å². The van der Waals surface area contributed by atoms with E-state index in [4.69, 9.17) is 16.9 Å². The summed E-state index contributed by atoms with van der Waals surface area (Å²) in [5.41, 5.74) is 1.91. The molecule has 0 aliphatic carbocycles. The van der Waals surface area contributed by atoms with Crippen LogP contribution in [0.5, 0.6) is 0 Å². The molecule has 0 fully saturated rings. The third-order valence-corrected chi connectivity index (χ3v) is 5.53. The van der Waals surface area contributed by atoms with E-state index < -0.39 is 6.03 Å². The predicted octanol–water partition coefficient (Wildman–Crippen LogP) is 6.95. The van der Waals surface area contributed by atoms with Crippen LogP contribution in [-0.2, 0) is 0 Å². The number of nitriles is 1. The Kier molecular flexibility index (Phi) is 7.30. The second-order valence-electron chi connectivity index (χ2n) is 6.98. The molecular formula is C24H15BrClN7O2. The van der Waals surface area contributed by atoms with Gasteiger partial charge in [0.05, 0.1) is 28.0 Å². The van der Waals surface area contributed by atoms with Gasteiger partial charge in [0.2, 0.25) is 5.95 Å². The number of nitrogens with zero attached hydrogens (tertiary/aromatic N) is 6. The van der Waals surface area contributed by atoms with Gasteiger partial charge in [0.1, 0.15) is 0 Å². The standard InChI is InChI=1S/C24H15BrClN7O2/c25-17-4-3-5-19(14-17)32(33(24(34)31-35)21-7-2-1-6-20(21)26)22-12-13-28-23(30-22)29-18-10-8-16(15-27)9-11-18/h1-14H,(H,28,29,30). The first-order valence-electron chi connectivity index (χ1n) is 10.1. The molecule has 0 saturated carbocycles. The number of urea groups is 1. The normalized spacial score (nSPS) is 10.2. The highest BCUT2D eigenvalue weighted by Crippen LogP contribution is 2.35. The lowest BCUT2D eigenvalue weighted by Crippen LogP contribution is -2.43. The molecule has 1 aromatic heterocycles. The van der Waals surface area contributed by atoms with E-state index in [9.17, 15) is 9.70 Å². The Hall–Kier alpha value is -4.33. The molecule has 0 aliphatic rings. The molecule has 3 aromatic carbocycles. The van der Waals surface area contributed by atoms with Gasteiger partial charge in [0.25, 0.3) is 0 Å². The van der Waals surface area contributed by atoms with Crippen LogP contribution in [0.3, 0.4) is 0 Å². The summed E-state index contributed by atoms with van der Waals surface area (Å²) >= 11 is 9.83. The fourth-order valence-corrected chi connectivity index (χ4v) is 3.80. The molecule has 0 aliphatic heterocycles. The van der Waals surface area contributed by atoms with E-state index in [2.05, 4.69) is 42.5 Å². The van der Waals surface area contributed by atoms with Crippen molar-refractivity contribution in [1.82, 2.24) is 9.97 Å². The number of hydrazine groups is 1. The van der Waals surface area contributed by atoms with Crippen LogP contribution < -0.4 is 15.3 Å².